The van der Waals surface area contributed by atoms with E-state index in [9.17, 15) is 9.50 Å². The molecule has 0 heterocycles. The molecule has 0 unspecified atom stereocenters. The van der Waals surface area contributed by atoms with E-state index in [0.717, 1.165) is 6.08 Å². The molecule has 0 radical (unpaired) electrons. The molecule has 0 spiro atoms. The van der Waals surface area contributed by atoms with Crippen LogP contribution >= 0.6 is 11.6 Å². The molecule has 0 amide bonds. The Labute approximate surface area is 90.2 Å². The lowest BCUT2D eigenvalue weighted by Gasteiger charge is -2.01. The largest absolute Gasteiger partial charge is 0.507 e. The van der Waals surface area contributed by atoms with Gasteiger partial charge in [0, 0.05) is 0 Å². The van der Waals surface area contributed by atoms with Crippen LogP contribution in [0.15, 0.2) is 17.7 Å². The third kappa shape index (κ3) is 2.25. The van der Waals surface area contributed by atoms with Crippen molar-refractivity contribution < 1.29 is 9.50 Å². The van der Waals surface area contributed by atoms with E-state index < -0.39 is 5.82 Å². The summed E-state index contributed by atoms with van der Waals surface area (Å²) in [4.78, 5) is 0. The van der Waals surface area contributed by atoms with Gasteiger partial charge >= 0.3 is 0 Å². The number of hydrogen-bond donors (Lipinski definition) is 1. The van der Waals surface area contributed by atoms with Crippen LogP contribution in [0.3, 0.4) is 0 Å². The SMILES string of the molecule is N#CC(C#N)=Cc1c(O)ccc(Cl)c1F. The van der Waals surface area contributed by atoms with Crippen LogP contribution in [0.1, 0.15) is 5.56 Å². The fourth-order valence-electron chi connectivity index (χ4n) is 0.927. The van der Waals surface area contributed by atoms with E-state index in [1.54, 1.807) is 12.1 Å². The summed E-state index contributed by atoms with van der Waals surface area (Å²) < 4.78 is 13.3. The van der Waals surface area contributed by atoms with Gasteiger partial charge in [0.25, 0.3) is 0 Å². The quantitative estimate of drug-likeness (QED) is 0.743. The van der Waals surface area contributed by atoms with E-state index >= 15 is 0 Å². The number of benzene rings is 1. The molecule has 0 saturated carbocycles. The lowest BCUT2D eigenvalue weighted by atomic mass is 10.1. The Kier molecular flexibility index (Phi) is 3.28. The summed E-state index contributed by atoms with van der Waals surface area (Å²) in [5.41, 5.74) is -0.577. The smallest absolute Gasteiger partial charge is 0.152 e. The van der Waals surface area contributed by atoms with Crippen molar-refractivity contribution in [2.75, 3.05) is 0 Å². The average Bonchev–Trinajstić information content (AvgIpc) is 2.24. The molecule has 0 aliphatic rings. The van der Waals surface area contributed by atoms with Crippen LogP contribution in [0.4, 0.5) is 4.39 Å². The van der Waals surface area contributed by atoms with E-state index in [2.05, 4.69) is 0 Å². The van der Waals surface area contributed by atoms with Crippen molar-refractivity contribution in [3.63, 3.8) is 0 Å². The average molecular weight is 223 g/mol. The predicted molar refractivity (Wildman–Crippen MR) is 52.3 cm³/mol. The number of nitrogens with zero attached hydrogens (tertiary/aromatic N) is 2. The summed E-state index contributed by atoms with van der Waals surface area (Å²) in [6, 6.07) is 5.47. The second-order valence-corrected chi connectivity index (χ2v) is 2.98. The Bertz CT molecular complexity index is 495. The van der Waals surface area contributed by atoms with Gasteiger partial charge in [-0.15, -0.1) is 0 Å². The minimum Gasteiger partial charge on any atom is -0.507 e. The highest BCUT2D eigenvalue weighted by atomic mass is 35.5. The molecular weight excluding hydrogens is 219 g/mol. The predicted octanol–water partition coefficient (Wildman–Crippen LogP) is 2.62. The topological polar surface area (TPSA) is 67.8 Å². The van der Waals surface area contributed by atoms with E-state index in [-0.39, 0.29) is 21.9 Å². The summed E-state index contributed by atoms with van der Waals surface area (Å²) in [6.45, 7) is 0. The molecule has 1 aromatic carbocycles. The molecule has 0 aliphatic heterocycles. The molecule has 0 aliphatic carbocycles. The molecule has 0 bridgehead atoms. The second-order valence-electron chi connectivity index (χ2n) is 2.58. The molecule has 15 heavy (non-hydrogen) atoms. The molecule has 1 N–H and O–H groups in total. The number of phenols is 1. The van der Waals surface area contributed by atoms with Crippen molar-refractivity contribution in [2.45, 2.75) is 0 Å². The van der Waals surface area contributed by atoms with Gasteiger partial charge in [0.05, 0.1) is 10.6 Å². The van der Waals surface area contributed by atoms with Gasteiger partial charge in [-0.3, -0.25) is 0 Å². The highest BCUT2D eigenvalue weighted by Gasteiger charge is 2.10. The van der Waals surface area contributed by atoms with Crippen molar-refractivity contribution in [2.24, 2.45) is 0 Å². The van der Waals surface area contributed by atoms with Crippen molar-refractivity contribution in [3.05, 3.63) is 34.1 Å². The monoisotopic (exact) mass is 222 g/mol. The molecule has 0 fully saturated rings. The van der Waals surface area contributed by atoms with E-state index in [4.69, 9.17) is 22.1 Å². The van der Waals surface area contributed by atoms with Crippen LogP contribution < -0.4 is 0 Å². The Morgan fingerprint density at radius 1 is 1.40 bits per heavy atom. The van der Waals surface area contributed by atoms with Crippen molar-refractivity contribution in [3.8, 4) is 17.9 Å². The number of phenolic OH excluding ortho intramolecular Hbond substituents is 1. The van der Waals surface area contributed by atoms with Gasteiger partial charge in [-0.2, -0.15) is 10.5 Å². The van der Waals surface area contributed by atoms with Crippen molar-refractivity contribution >= 4 is 17.7 Å². The van der Waals surface area contributed by atoms with Gasteiger partial charge in [-0.25, -0.2) is 4.39 Å². The Balaban J connectivity index is 3.40. The summed E-state index contributed by atoms with van der Waals surface area (Å²) >= 11 is 5.47. The highest BCUT2D eigenvalue weighted by Crippen LogP contribution is 2.28. The zero-order chi connectivity index (χ0) is 11.4. The summed E-state index contributed by atoms with van der Waals surface area (Å²) in [7, 11) is 0. The van der Waals surface area contributed by atoms with Gasteiger partial charge in [-0.05, 0) is 18.2 Å². The first-order valence-electron chi connectivity index (χ1n) is 3.79. The molecule has 0 atom stereocenters. The lowest BCUT2D eigenvalue weighted by molar-refractivity contribution is 0.467. The second kappa shape index (κ2) is 4.45. The summed E-state index contributed by atoms with van der Waals surface area (Å²) in [6.07, 6.45) is 0.941. The van der Waals surface area contributed by atoms with E-state index in [1.807, 2.05) is 0 Å². The number of nitriles is 2. The maximum atomic E-state index is 13.3. The van der Waals surface area contributed by atoms with Crippen LogP contribution in [0.5, 0.6) is 5.75 Å². The van der Waals surface area contributed by atoms with Crippen molar-refractivity contribution in [1.29, 1.82) is 10.5 Å². The summed E-state index contributed by atoms with van der Waals surface area (Å²) in [5, 5.41) is 26.0. The summed E-state index contributed by atoms with van der Waals surface area (Å²) in [5.74, 6) is -1.24. The van der Waals surface area contributed by atoms with Crippen LogP contribution in [0.2, 0.25) is 5.02 Å². The van der Waals surface area contributed by atoms with Crippen LogP contribution in [-0.4, -0.2) is 5.11 Å². The fourth-order valence-corrected chi connectivity index (χ4v) is 1.09. The van der Waals surface area contributed by atoms with Crippen molar-refractivity contribution in [1.82, 2.24) is 0 Å². The van der Waals surface area contributed by atoms with Gasteiger partial charge in [-0.1, -0.05) is 11.6 Å². The minimum absolute atomic E-state index is 0.186. The molecule has 0 saturated heterocycles. The number of halogens is 2. The fraction of sp³-hybridized carbons (Fsp3) is 0. The Hall–Kier alpha value is -2.04. The first kappa shape index (κ1) is 11.0. The van der Waals surface area contributed by atoms with Gasteiger partial charge in [0.2, 0.25) is 0 Å². The first-order chi connectivity index (χ1) is 7.10. The molecular formula is C10H4ClFN2O. The highest BCUT2D eigenvalue weighted by molar-refractivity contribution is 6.31. The number of rotatable bonds is 1. The van der Waals surface area contributed by atoms with Gasteiger partial charge < -0.3 is 5.11 Å². The normalized spacial score (nSPS) is 8.80. The number of allylic oxidation sites excluding steroid dienone is 1. The molecule has 1 aromatic rings. The maximum Gasteiger partial charge on any atom is 0.152 e. The van der Waals surface area contributed by atoms with Crippen LogP contribution in [0, 0.1) is 28.5 Å². The number of hydrogen-bond acceptors (Lipinski definition) is 3. The molecule has 74 valence electrons. The number of aromatic hydroxyl groups is 1. The maximum absolute atomic E-state index is 13.3. The molecule has 5 heteroatoms. The molecule has 3 nitrogen and oxygen atoms in total. The lowest BCUT2D eigenvalue weighted by Crippen LogP contribution is -1.86. The van der Waals surface area contributed by atoms with Crippen LogP contribution in [-0.2, 0) is 0 Å². The zero-order valence-electron chi connectivity index (χ0n) is 7.33. The minimum atomic E-state index is -0.861. The van der Waals surface area contributed by atoms with Crippen LogP contribution in [0.25, 0.3) is 6.08 Å². The zero-order valence-corrected chi connectivity index (χ0v) is 8.09. The Morgan fingerprint density at radius 2 is 2.00 bits per heavy atom. The third-order valence-corrected chi connectivity index (χ3v) is 1.93. The van der Waals surface area contributed by atoms with Gasteiger partial charge in [0.1, 0.15) is 23.5 Å². The Morgan fingerprint density at radius 3 is 2.53 bits per heavy atom. The van der Waals surface area contributed by atoms with E-state index in [1.165, 1.54) is 12.1 Å². The first-order valence-corrected chi connectivity index (χ1v) is 4.16. The molecule has 1 rings (SSSR count). The van der Waals surface area contributed by atoms with Gasteiger partial charge in [0.15, 0.2) is 5.82 Å². The molecule has 0 aromatic heterocycles. The standard InChI is InChI=1S/C10H4ClFN2O/c11-8-1-2-9(15)7(10(8)12)3-6(4-13)5-14/h1-3,15H. The third-order valence-electron chi connectivity index (χ3n) is 1.64. The van der Waals surface area contributed by atoms with E-state index in [0.29, 0.717) is 0 Å².